The zero-order valence-corrected chi connectivity index (χ0v) is 32.8. The van der Waals surface area contributed by atoms with E-state index in [9.17, 15) is 0 Å². The Morgan fingerprint density at radius 3 is 1.69 bits per heavy atom. The molecule has 13 rings (SSSR count). The molecule has 0 fully saturated rings. The number of benzene rings is 9. The van der Waals surface area contributed by atoms with Gasteiger partial charge in [-0.1, -0.05) is 115 Å². The minimum atomic E-state index is 1.17. The second-order valence-corrected chi connectivity index (χ2v) is 17.4. The molecule has 2 nitrogen and oxygen atoms in total. The number of para-hydroxylation sites is 3. The topological polar surface area (TPSA) is 9.86 Å². The highest BCUT2D eigenvalue weighted by atomic mass is 32.1. The van der Waals surface area contributed by atoms with Crippen molar-refractivity contribution in [3.8, 4) is 33.6 Å². The molecule has 0 aliphatic rings. The lowest BCUT2D eigenvalue weighted by molar-refractivity contribution is 1.18. The lowest BCUT2D eigenvalue weighted by Crippen LogP contribution is -1.95. The Balaban J connectivity index is 1.07. The van der Waals surface area contributed by atoms with E-state index < -0.39 is 0 Å². The van der Waals surface area contributed by atoms with Crippen LogP contribution in [0.15, 0.2) is 194 Å². The van der Waals surface area contributed by atoms with E-state index in [2.05, 4.69) is 203 Å². The van der Waals surface area contributed by atoms with Gasteiger partial charge in [0.15, 0.2) is 0 Å². The Morgan fingerprint density at radius 1 is 0.293 bits per heavy atom. The van der Waals surface area contributed by atoms with Gasteiger partial charge in [0.1, 0.15) is 0 Å². The summed E-state index contributed by atoms with van der Waals surface area (Å²) in [6, 6.07) is 71.9. The molecule has 0 aliphatic heterocycles. The quantitative estimate of drug-likeness (QED) is 0.169. The molecule has 0 spiro atoms. The largest absolute Gasteiger partial charge is 0.309 e. The van der Waals surface area contributed by atoms with Crippen LogP contribution in [0.5, 0.6) is 0 Å². The van der Waals surface area contributed by atoms with Crippen molar-refractivity contribution in [2.45, 2.75) is 0 Å². The van der Waals surface area contributed by atoms with Crippen molar-refractivity contribution in [2.24, 2.45) is 0 Å². The van der Waals surface area contributed by atoms with E-state index in [-0.39, 0.29) is 0 Å². The summed E-state index contributed by atoms with van der Waals surface area (Å²) in [5.41, 5.74) is 12.2. The summed E-state index contributed by atoms with van der Waals surface area (Å²) in [7, 11) is 0. The summed E-state index contributed by atoms with van der Waals surface area (Å²) in [4.78, 5) is 0. The van der Waals surface area contributed by atoms with Gasteiger partial charge in [-0.05, 0) is 95.6 Å². The van der Waals surface area contributed by atoms with Crippen LogP contribution in [-0.2, 0) is 0 Å². The van der Waals surface area contributed by atoms with Crippen LogP contribution >= 0.6 is 22.7 Å². The first-order valence-corrected chi connectivity index (χ1v) is 21.4. The highest BCUT2D eigenvalue weighted by molar-refractivity contribution is 7.26. The predicted octanol–water partition coefficient (Wildman–Crippen LogP) is 16.0. The molecule has 9 aromatic carbocycles. The van der Waals surface area contributed by atoms with Gasteiger partial charge in [-0.2, -0.15) is 0 Å². The molecule has 270 valence electrons. The Bertz CT molecular complexity index is 3800. The van der Waals surface area contributed by atoms with E-state index in [1.54, 1.807) is 0 Å². The van der Waals surface area contributed by atoms with Gasteiger partial charge in [0, 0.05) is 78.8 Å². The van der Waals surface area contributed by atoms with Crippen molar-refractivity contribution in [2.75, 3.05) is 0 Å². The van der Waals surface area contributed by atoms with E-state index in [4.69, 9.17) is 0 Å². The van der Waals surface area contributed by atoms with Crippen LogP contribution in [0.4, 0.5) is 0 Å². The number of aromatic nitrogens is 2. The molecule has 0 saturated heterocycles. The van der Waals surface area contributed by atoms with Crippen molar-refractivity contribution in [1.29, 1.82) is 0 Å². The molecule has 58 heavy (non-hydrogen) atoms. The summed E-state index contributed by atoms with van der Waals surface area (Å²) in [5.74, 6) is 0. The molecule has 4 heteroatoms. The maximum Gasteiger partial charge on any atom is 0.0547 e. The van der Waals surface area contributed by atoms with Gasteiger partial charge in [-0.3, -0.25) is 0 Å². The summed E-state index contributed by atoms with van der Waals surface area (Å²) >= 11 is 3.78. The zero-order valence-electron chi connectivity index (χ0n) is 31.2. The minimum absolute atomic E-state index is 1.17. The second kappa shape index (κ2) is 12.3. The van der Waals surface area contributed by atoms with Crippen molar-refractivity contribution >= 4 is 107 Å². The molecule has 13 aromatic rings. The first-order chi connectivity index (χ1) is 28.8. The van der Waals surface area contributed by atoms with Crippen molar-refractivity contribution in [3.05, 3.63) is 194 Å². The molecular formula is C54H32N2S2. The highest BCUT2D eigenvalue weighted by Gasteiger charge is 2.21. The van der Waals surface area contributed by atoms with Gasteiger partial charge in [0.2, 0.25) is 0 Å². The summed E-state index contributed by atoms with van der Waals surface area (Å²) in [6.07, 6.45) is 0. The van der Waals surface area contributed by atoms with Crippen molar-refractivity contribution in [3.63, 3.8) is 0 Å². The second-order valence-electron chi connectivity index (χ2n) is 15.2. The standard InChI is InChI=1S/C54H32N2S2/c1-2-13-35(14-3-1)55-46-20-8-4-15-38(46)43-29-33(25-27-48(43)55)37-19-12-22-49-53(37)41-18-5-9-21-47(41)56(49)36-31-42(54-45(32-36)40-17-7-11-24-51(40)58-54)34-26-28-52-44(30-34)39-16-6-10-23-50(39)57-52/h1-32H. The number of hydrogen-bond acceptors (Lipinski definition) is 2. The molecule has 0 amide bonds. The van der Waals surface area contributed by atoms with E-state index >= 15 is 0 Å². The molecule has 0 bridgehead atoms. The van der Waals surface area contributed by atoms with Crippen LogP contribution in [0.2, 0.25) is 0 Å². The average molecular weight is 773 g/mol. The predicted molar refractivity (Wildman–Crippen MR) is 252 cm³/mol. The van der Waals surface area contributed by atoms with E-state index in [0.29, 0.717) is 0 Å². The van der Waals surface area contributed by atoms with Crippen LogP contribution < -0.4 is 0 Å². The third-order valence-corrected chi connectivity index (χ3v) is 14.5. The Labute approximate surface area is 341 Å². The fraction of sp³-hybridized carbons (Fsp3) is 0. The molecular weight excluding hydrogens is 741 g/mol. The number of nitrogens with zero attached hydrogens (tertiary/aromatic N) is 2. The third-order valence-electron chi connectivity index (χ3n) is 12.1. The van der Waals surface area contributed by atoms with Gasteiger partial charge >= 0.3 is 0 Å². The van der Waals surface area contributed by atoms with E-state index in [1.165, 1.54) is 118 Å². The Hall–Kier alpha value is -6.98. The third kappa shape index (κ3) is 4.58. The highest BCUT2D eigenvalue weighted by Crippen LogP contribution is 2.46. The fourth-order valence-corrected chi connectivity index (χ4v) is 11.9. The summed E-state index contributed by atoms with van der Waals surface area (Å²) < 4.78 is 10.2. The van der Waals surface area contributed by atoms with Crippen LogP contribution in [0, 0.1) is 0 Å². The normalized spacial score (nSPS) is 12.1. The molecule has 0 N–H and O–H groups in total. The zero-order chi connectivity index (χ0) is 37.9. The minimum Gasteiger partial charge on any atom is -0.309 e. The van der Waals surface area contributed by atoms with Gasteiger partial charge in [-0.25, -0.2) is 0 Å². The maximum absolute atomic E-state index is 2.50. The lowest BCUT2D eigenvalue weighted by Gasteiger charge is -2.13. The van der Waals surface area contributed by atoms with Crippen LogP contribution in [-0.4, -0.2) is 9.13 Å². The van der Waals surface area contributed by atoms with Crippen LogP contribution in [0.1, 0.15) is 0 Å². The molecule has 4 heterocycles. The van der Waals surface area contributed by atoms with Gasteiger partial charge in [0.25, 0.3) is 0 Å². The van der Waals surface area contributed by atoms with Crippen molar-refractivity contribution in [1.82, 2.24) is 9.13 Å². The first kappa shape index (κ1) is 32.1. The monoisotopic (exact) mass is 772 g/mol. The van der Waals surface area contributed by atoms with Crippen LogP contribution in [0.3, 0.4) is 0 Å². The van der Waals surface area contributed by atoms with Gasteiger partial charge in [-0.15, -0.1) is 22.7 Å². The number of rotatable bonds is 4. The SMILES string of the molecule is c1ccc(-n2c3ccccc3c3cc(-c4cccc5c4c4ccccc4n5-c4cc(-c5ccc6sc7ccccc7c6c5)c5sc6ccccc6c5c4)ccc32)cc1. The molecule has 4 aromatic heterocycles. The Kier molecular flexibility index (Phi) is 6.79. The summed E-state index contributed by atoms with van der Waals surface area (Å²) in [6.45, 7) is 0. The average Bonchev–Trinajstić information content (AvgIpc) is 4.03. The number of hydrogen-bond donors (Lipinski definition) is 0. The van der Waals surface area contributed by atoms with Crippen LogP contribution in [0.25, 0.3) is 118 Å². The van der Waals surface area contributed by atoms with E-state index in [0.717, 1.165) is 0 Å². The Morgan fingerprint density at radius 2 is 0.862 bits per heavy atom. The molecule has 0 aliphatic carbocycles. The number of fused-ring (bicyclic) bond motifs is 12. The maximum atomic E-state index is 2.50. The smallest absolute Gasteiger partial charge is 0.0547 e. The molecule has 0 radical (unpaired) electrons. The molecule has 0 saturated carbocycles. The first-order valence-electron chi connectivity index (χ1n) is 19.8. The number of thiophene rings is 2. The van der Waals surface area contributed by atoms with Gasteiger partial charge < -0.3 is 9.13 Å². The van der Waals surface area contributed by atoms with Gasteiger partial charge in [0.05, 0.1) is 22.1 Å². The molecule has 0 unspecified atom stereocenters. The fourth-order valence-electron chi connectivity index (χ4n) is 9.58. The molecule has 0 atom stereocenters. The van der Waals surface area contributed by atoms with E-state index in [1.807, 2.05) is 22.7 Å². The lowest BCUT2D eigenvalue weighted by atomic mass is 9.98. The van der Waals surface area contributed by atoms with Crippen molar-refractivity contribution < 1.29 is 0 Å². The summed E-state index contributed by atoms with van der Waals surface area (Å²) in [5, 5.41) is 10.3.